The SMILES string of the molecule is O=c1ccccn1-c1ccc(N[C@H]2CC[C@H](Nc3nc4cc(Br)ccc4s3)C2)nc1. The molecule has 0 amide bonds. The quantitative estimate of drug-likeness (QED) is 0.417. The van der Waals surface area contributed by atoms with E-state index in [0.29, 0.717) is 12.1 Å². The summed E-state index contributed by atoms with van der Waals surface area (Å²) in [6.45, 7) is 0. The number of hydrogen-bond donors (Lipinski definition) is 2. The molecule has 4 aromatic rings. The number of benzene rings is 1. The Bertz CT molecular complexity index is 1240. The minimum absolute atomic E-state index is 0.0630. The Balaban J connectivity index is 1.21. The monoisotopic (exact) mass is 481 g/mol. The van der Waals surface area contributed by atoms with E-state index in [4.69, 9.17) is 4.98 Å². The van der Waals surface area contributed by atoms with Crippen LogP contribution in [0.3, 0.4) is 0 Å². The van der Waals surface area contributed by atoms with Crippen molar-refractivity contribution in [3.63, 3.8) is 0 Å². The highest BCUT2D eigenvalue weighted by atomic mass is 79.9. The molecule has 6 nitrogen and oxygen atoms in total. The van der Waals surface area contributed by atoms with Crippen LogP contribution in [0.2, 0.25) is 0 Å². The molecule has 5 rings (SSSR count). The van der Waals surface area contributed by atoms with Gasteiger partial charge >= 0.3 is 0 Å². The molecule has 3 heterocycles. The Hall–Kier alpha value is -2.71. The van der Waals surface area contributed by atoms with E-state index >= 15 is 0 Å². The Morgan fingerprint density at radius 2 is 1.93 bits per heavy atom. The number of nitrogens with one attached hydrogen (secondary N) is 2. The highest BCUT2D eigenvalue weighted by Crippen LogP contribution is 2.31. The molecular weight excluding hydrogens is 462 g/mol. The van der Waals surface area contributed by atoms with E-state index in [1.165, 1.54) is 4.70 Å². The van der Waals surface area contributed by atoms with Gasteiger partial charge in [0.05, 0.1) is 22.1 Å². The van der Waals surface area contributed by atoms with E-state index < -0.39 is 0 Å². The van der Waals surface area contributed by atoms with Gasteiger partial charge in [-0.15, -0.1) is 0 Å². The number of hydrogen-bond acceptors (Lipinski definition) is 6. The highest BCUT2D eigenvalue weighted by Gasteiger charge is 2.25. The molecule has 0 aliphatic heterocycles. The van der Waals surface area contributed by atoms with Crippen LogP contribution in [0.5, 0.6) is 0 Å². The van der Waals surface area contributed by atoms with Gasteiger partial charge < -0.3 is 10.6 Å². The van der Waals surface area contributed by atoms with Gasteiger partial charge in [0.2, 0.25) is 0 Å². The number of halogens is 1. The molecule has 1 aliphatic carbocycles. The molecule has 0 spiro atoms. The van der Waals surface area contributed by atoms with E-state index in [1.807, 2.05) is 24.3 Å². The molecular formula is C22H20BrN5OS. The molecule has 0 unspecified atom stereocenters. The van der Waals surface area contributed by atoms with Gasteiger partial charge in [-0.25, -0.2) is 9.97 Å². The van der Waals surface area contributed by atoms with Crippen molar-refractivity contribution < 1.29 is 0 Å². The lowest BCUT2D eigenvalue weighted by molar-refractivity contribution is 0.722. The van der Waals surface area contributed by atoms with E-state index in [2.05, 4.69) is 43.7 Å². The number of anilines is 2. The van der Waals surface area contributed by atoms with Crippen molar-refractivity contribution in [2.45, 2.75) is 31.3 Å². The third kappa shape index (κ3) is 4.11. The average Bonchev–Trinajstić information content (AvgIpc) is 3.35. The third-order valence-corrected chi connectivity index (χ3v) is 6.77. The van der Waals surface area contributed by atoms with Gasteiger partial charge in [0.25, 0.3) is 5.56 Å². The lowest BCUT2D eigenvalue weighted by Crippen LogP contribution is -2.21. The Labute approximate surface area is 186 Å². The second-order valence-corrected chi connectivity index (χ2v) is 9.38. The lowest BCUT2D eigenvalue weighted by Gasteiger charge is -2.15. The summed E-state index contributed by atoms with van der Waals surface area (Å²) >= 11 is 5.20. The molecule has 1 aliphatic rings. The first kappa shape index (κ1) is 19.3. The summed E-state index contributed by atoms with van der Waals surface area (Å²) in [5.74, 6) is 0.832. The largest absolute Gasteiger partial charge is 0.367 e. The molecule has 3 aromatic heterocycles. The maximum absolute atomic E-state index is 11.9. The molecule has 30 heavy (non-hydrogen) atoms. The minimum Gasteiger partial charge on any atom is -0.367 e. The molecule has 0 bridgehead atoms. The number of thiazole rings is 1. The summed E-state index contributed by atoms with van der Waals surface area (Å²) in [4.78, 5) is 21.2. The third-order valence-electron chi connectivity index (χ3n) is 5.31. The number of nitrogens with zero attached hydrogens (tertiary/aromatic N) is 3. The molecule has 2 atom stereocenters. The number of pyridine rings is 2. The molecule has 1 saturated carbocycles. The zero-order valence-corrected chi connectivity index (χ0v) is 18.5. The van der Waals surface area contributed by atoms with Gasteiger partial charge in [-0.05, 0) is 55.7 Å². The molecule has 8 heteroatoms. The van der Waals surface area contributed by atoms with Gasteiger partial charge in [-0.3, -0.25) is 9.36 Å². The van der Waals surface area contributed by atoms with Gasteiger partial charge in [0.15, 0.2) is 5.13 Å². The molecule has 1 fully saturated rings. The Kier molecular flexibility index (Phi) is 5.26. The first-order chi connectivity index (χ1) is 14.6. The van der Waals surface area contributed by atoms with Crippen molar-refractivity contribution in [3.8, 4) is 5.69 Å². The summed E-state index contributed by atoms with van der Waals surface area (Å²) < 4.78 is 3.82. The molecule has 2 N–H and O–H groups in total. The average molecular weight is 482 g/mol. The van der Waals surface area contributed by atoms with Gasteiger partial charge in [-0.2, -0.15) is 0 Å². The van der Waals surface area contributed by atoms with E-state index in [9.17, 15) is 4.79 Å². The Morgan fingerprint density at radius 1 is 1.07 bits per heavy atom. The maximum atomic E-state index is 11.9. The van der Waals surface area contributed by atoms with E-state index in [1.54, 1.807) is 40.4 Å². The predicted octanol–water partition coefficient (Wildman–Crippen LogP) is 5.05. The van der Waals surface area contributed by atoms with Crippen LogP contribution in [0.1, 0.15) is 19.3 Å². The number of rotatable bonds is 5. The normalized spacial score (nSPS) is 18.6. The van der Waals surface area contributed by atoms with E-state index in [-0.39, 0.29) is 5.56 Å². The minimum atomic E-state index is -0.0630. The van der Waals surface area contributed by atoms with Crippen LogP contribution >= 0.6 is 27.3 Å². The fraction of sp³-hybridized carbons (Fsp3) is 0.227. The van der Waals surface area contributed by atoms with Crippen molar-refractivity contribution >= 4 is 48.4 Å². The van der Waals surface area contributed by atoms with Crippen molar-refractivity contribution in [2.75, 3.05) is 10.6 Å². The first-order valence-electron chi connectivity index (χ1n) is 9.87. The molecule has 1 aromatic carbocycles. The van der Waals surface area contributed by atoms with Gasteiger partial charge in [0.1, 0.15) is 5.82 Å². The van der Waals surface area contributed by atoms with Crippen LogP contribution in [0.15, 0.2) is 70.2 Å². The second-order valence-electron chi connectivity index (χ2n) is 7.44. The fourth-order valence-electron chi connectivity index (χ4n) is 3.84. The van der Waals surface area contributed by atoms with Crippen LogP contribution in [-0.2, 0) is 0 Å². The van der Waals surface area contributed by atoms with Crippen LogP contribution in [-0.4, -0.2) is 26.6 Å². The van der Waals surface area contributed by atoms with E-state index in [0.717, 1.165) is 45.9 Å². The number of fused-ring (bicyclic) bond motifs is 1. The number of aromatic nitrogens is 3. The lowest BCUT2D eigenvalue weighted by atomic mass is 10.2. The topological polar surface area (TPSA) is 71.8 Å². The smallest absolute Gasteiger partial charge is 0.255 e. The molecule has 0 saturated heterocycles. The van der Waals surface area contributed by atoms with Crippen molar-refractivity contribution in [1.82, 2.24) is 14.5 Å². The first-order valence-corrected chi connectivity index (χ1v) is 11.5. The van der Waals surface area contributed by atoms with Crippen LogP contribution in [0, 0.1) is 0 Å². The summed E-state index contributed by atoms with van der Waals surface area (Å²) in [5.41, 5.74) is 1.72. The predicted molar refractivity (Wildman–Crippen MR) is 126 cm³/mol. The zero-order valence-electron chi connectivity index (χ0n) is 16.1. The van der Waals surface area contributed by atoms with Crippen molar-refractivity contribution in [2.24, 2.45) is 0 Å². The maximum Gasteiger partial charge on any atom is 0.255 e. The zero-order chi connectivity index (χ0) is 20.5. The van der Waals surface area contributed by atoms with Gasteiger partial charge in [0, 0.05) is 28.8 Å². The van der Waals surface area contributed by atoms with Crippen LogP contribution < -0.4 is 16.2 Å². The second kappa shape index (κ2) is 8.20. The highest BCUT2D eigenvalue weighted by molar-refractivity contribution is 9.10. The summed E-state index contributed by atoms with van der Waals surface area (Å²) in [7, 11) is 0. The summed E-state index contributed by atoms with van der Waals surface area (Å²) in [6, 6.07) is 15.9. The van der Waals surface area contributed by atoms with Crippen molar-refractivity contribution in [3.05, 3.63) is 75.8 Å². The summed E-state index contributed by atoms with van der Waals surface area (Å²) in [6.07, 6.45) is 6.67. The standard InChI is InChI=1S/C22H20BrN5OS/c23-14-4-8-19-18(11-14)27-22(30-19)26-16-6-5-15(12-16)25-20-9-7-17(13-24-20)28-10-2-1-3-21(28)29/h1-4,7-11,13,15-16H,5-6,12H2,(H,24,25)(H,26,27)/t15-,16-/m0/s1. The molecule has 0 radical (unpaired) electrons. The van der Waals surface area contributed by atoms with Gasteiger partial charge in [-0.1, -0.05) is 33.3 Å². The van der Waals surface area contributed by atoms with Crippen LogP contribution in [0.25, 0.3) is 15.9 Å². The van der Waals surface area contributed by atoms with Crippen LogP contribution in [0.4, 0.5) is 10.9 Å². The summed E-state index contributed by atoms with van der Waals surface area (Å²) in [5, 5.41) is 8.09. The fourth-order valence-corrected chi connectivity index (χ4v) is 5.12. The Morgan fingerprint density at radius 3 is 2.73 bits per heavy atom. The molecule has 152 valence electrons. The van der Waals surface area contributed by atoms with Crippen molar-refractivity contribution in [1.29, 1.82) is 0 Å².